The number of hydrogen-bond donors (Lipinski definition) is 2. The van der Waals surface area contributed by atoms with Gasteiger partial charge < -0.3 is 15.4 Å². The van der Waals surface area contributed by atoms with E-state index in [0.29, 0.717) is 11.0 Å². The molecule has 1 rings (SSSR count). The molecule has 1 aromatic rings. The first kappa shape index (κ1) is 14.6. The second-order valence-corrected chi connectivity index (χ2v) is 4.43. The molecular formula is C12H18BrFN2O. The SMILES string of the molecule is COCCNCCNCc1cccc(F)c1Br. The van der Waals surface area contributed by atoms with Crippen LogP contribution in [0, 0.1) is 5.82 Å². The van der Waals surface area contributed by atoms with Crippen molar-refractivity contribution in [1.82, 2.24) is 10.6 Å². The molecule has 0 heterocycles. The lowest BCUT2D eigenvalue weighted by Crippen LogP contribution is -2.29. The smallest absolute Gasteiger partial charge is 0.137 e. The van der Waals surface area contributed by atoms with Crippen molar-refractivity contribution in [2.24, 2.45) is 0 Å². The number of hydrogen-bond acceptors (Lipinski definition) is 3. The Bertz CT molecular complexity index is 336. The van der Waals surface area contributed by atoms with Crippen molar-refractivity contribution < 1.29 is 9.13 Å². The van der Waals surface area contributed by atoms with E-state index in [1.165, 1.54) is 6.07 Å². The second-order valence-electron chi connectivity index (χ2n) is 3.63. The molecule has 96 valence electrons. The van der Waals surface area contributed by atoms with E-state index < -0.39 is 0 Å². The van der Waals surface area contributed by atoms with E-state index in [1.807, 2.05) is 6.07 Å². The molecule has 0 aliphatic carbocycles. The molecule has 0 amide bonds. The van der Waals surface area contributed by atoms with Crippen LogP contribution in [-0.4, -0.2) is 33.4 Å². The average Bonchev–Trinajstić information content (AvgIpc) is 2.33. The number of methoxy groups -OCH3 is 1. The lowest BCUT2D eigenvalue weighted by Gasteiger charge is -2.08. The summed E-state index contributed by atoms with van der Waals surface area (Å²) in [7, 11) is 1.68. The maximum absolute atomic E-state index is 13.2. The molecule has 0 aromatic heterocycles. The molecule has 0 fully saturated rings. The fraction of sp³-hybridized carbons (Fsp3) is 0.500. The van der Waals surface area contributed by atoms with Gasteiger partial charge in [0.25, 0.3) is 0 Å². The van der Waals surface area contributed by atoms with E-state index in [2.05, 4.69) is 26.6 Å². The van der Waals surface area contributed by atoms with Crippen LogP contribution in [0.3, 0.4) is 0 Å². The highest BCUT2D eigenvalue weighted by molar-refractivity contribution is 9.10. The van der Waals surface area contributed by atoms with Crippen molar-refractivity contribution in [3.8, 4) is 0 Å². The predicted octanol–water partition coefficient (Wildman–Crippen LogP) is 1.91. The first-order chi connectivity index (χ1) is 8.25. The standard InChI is InChI=1S/C12H18BrFN2O/c1-17-8-7-15-5-6-16-9-10-3-2-4-11(14)12(10)13/h2-4,15-16H,5-9H2,1H3. The summed E-state index contributed by atoms with van der Waals surface area (Å²) < 4.78 is 18.7. The van der Waals surface area contributed by atoms with Crippen LogP contribution in [0.2, 0.25) is 0 Å². The Hall–Kier alpha value is -0.490. The lowest BCUT2D eigenvalue weighted by atomic mass is 10.2. The van der Waals surface area contributed by atoms with Crippen molar-refractivity contribution in [1.29, 1.82) is 0 Å². The second kappa shape index (κ2) is 8.58. The van der Waals surface area contributed by atoms with Crippen LogP contribution in [-0.2, 0) is 11.3 Å². The molecule has 0 unspecified atom stereocenters. The maximum Gasteiger partial charge on any atom is 0.137 e. The Labute approximate surface area is 110 Å². The Morgan fingerprint density at radius 3 is 2.76 bits per heavy atom. The highest BCUT2D eigenvalue weighted by atomic mass is 79.9. The van der Waals surface area contributed by atoms with E-state index in [9.17, 15) is 4.39 Å². The molecule has 0 atom stereocenters. The largest absolute Gasteiger partial charge is 0.383 e. The summed E-state index contributed by atoms with van der Waals surface area (Å²) in [6.45, 7) is 3.94. The number of rotatable bonds is 8. The van der Waals surface area contributed by atoms with Gasteiger partial charge in [-0.25, -0.2) is 4.39 Å². The molecule has 0 saturated carbocycles. The molecule has 3 nitrogen and oxygen atoms in total. The number of nitrogens with one attached hydrogen (secondary N) is 2. The molecule has 0 radical (unpaired) electrons. The van der Waals surface area contributed by atoms with Gasteiger partial charge in [-0.1, -0.05) is 12.1 Å². The van der Waals surface area contributed by atoms with Crippen molar-refractivity contribution >= 4 is 15.9 Å². The highest BCUT2D eigenvalue weighted by Gasteiger charge is 2.03. The van der Waals surface area contributed by atoms with E-state index >= 15 is 0 Å². The fourth-order valence-electron chi connectivity index (χ4n) is 1.38. The van der Waals surface area contributed by atoms with Gasteiger partial charge in [-0.15, -0.1) is 0 Å². The first-order valence-corrected chi connectivity index (χ1v) is 6.38. The molecular weight excluding hydrogens is 287 g/mol. The Kier molecular flexibility index (Phi) is 7.35. The monoisotopic (exact) mass is 304 g/mol. The number of halogens is 2. The summed E-state index contributed by atoms with van der Waals surface area (Å²) in [6.07, 6.45) is 0. The van der Waals surface area contributed by atoms with Crippen LogP contribution in [0.5, 0.6) is 0 Å². The van der Waals surface area contributed by atoms with Crippen LogP contribution in [0.25, 0.3) is 0 Å². The quantitative estimate of drug-likeness (QED) is 0.720. The molecule has 0 spiro atoms. The van der Waals surface area contributed by atoms with E-state index in [-0.39, 0.29) is 5.82 Å². The zero-order valence-electron chi connectivity index (χ0n) is 9.93. The van der Waals surface area contributed by atoms with Crippen LogP contribution in [0.1, 0.15) is 5.56 Å². The van der Waals surface area contributed by atoms with E-state index in [0.717, 1.165) is 31.8 Å². The molecule has 2 N–H and O–H groups in total. The normalized spacial score (nSPS) is 10.8. The minimum atomic E-state index is -0.220. The highest BCUT2D eigenvalue weighted by Crippen LogP contribution is 2.19. The van der Waals surface area contributed by atoms with Gasteiger partial charge in [0, 0.05) is 33.3 Å². The molecule has 0 aliphatic rings. The first-order valence-electron chi connectivity index (χ1n) is 5.59. The maximum atomic E-state index is 13.2. The third-order valence-electron chi connectivity index (χ3n) is 2.31. The Morgan fingerprint density at radius 2 is 2.00 bits per heavy atom. The molecule has 17 heavy (non-hydrogen) atoms. The third kappa shape index (κ3) is 5.59. The zero-order chi connectivity index (χ0) is 12.5. The Morgan fingerprint density at radius 1 is 1.24 bits per heavy atom. The van der Waals surface area contributed by atoms with Crippen LogP contribution >= 0.6 is 15.9 Å². The average molecular weight is 305 g/mol. The minimum absolute atomic E-state index is 0.220. The van der Waals surface area contributed by atoms with Crippen LogP contribution < -0.4 is 10.6 Å². The van der Waals surface area contributed by atoms with Gasteiger partial charge in [0.1, 0.15) is 5.82 Å². The molecule has 0 bridgehead atoms. The minimum Gasteiger partial charge on any atom is -0.383 e. The van der Waals surface area contributed by atoms with Gasteiger partial charge in [0.2, 0.25) is 0 Å². The van der Waals surface area contributed by atoms with Gasteiger partial charge >= 0.3 is 0 Å². The van der Waals surface area contributed by atoms with Gasteiger partial charge in [0.05, 0.1) is 11.1 Å². The topological polar surface area (TPSA) is 33.3 Å². The molecule has 1 aromatic carbocycles. The van der Waals surface area contributed by atoms with Gasteiger partial charge in [-0.2, -0.15) is 0 Å². The van der Waals surface area contributed by atoms with Gasteiger partial charge in [-0.3, -0.25) is 0 Å². The summed E-state index contributed by atoms with van der Waals surface area (Å²) in [5.74, 6) is -0.220. The molecule has 0 aliphatic heterocycles. The van der Waals surface area contributed by atoms with Crippen molar-refractivity contribution in [2.75, 3.05) is 33.4 Å². The number of benzene rings is 1. The van der Waals surface area contributed by atoms with E-state index in [4.69, 9.17) is 4.74 Å². The third-order valence-corrected chi connectivity index (χ3v) is 3.20. The summed E-state index contributed by atoms with van der Waals surface area (Å²) >= 11 is 3.24. The predicted molar refractivity (Wildman–Crippen MR) is 70.6 cm³/mol. The van der Waals surface area contributed by atoms with Crippen molar-refractivity contribution in [3.63, 3.8) is 0 Å². The Balaban J connectivity index is 2.16. The van der Waals surface area contributed by atoms with Crippen molar-refractivity contribution in [3.05, 3.63) is 34.1 Å². The summed E-state index contributed by atoms with van der Waals surface area (Å²) in [5.41, 5.74) is 0.932. The lowest BCUT2D eigenvalue weighted by molar-refractivity contribution is 0.199. The van der Waals surface area contributed by atoms with Crippen LogP contribution in [0.15, 0.2) is 22.7 Å². The van der Waals surface area contributed by atoms with Gasteiger partial charge in [0.15, 0.2) is 0 Å². The van der Waals surface area contributed by atoms with E-state index in [1.54, 1.807) is 13.2 Å². The summed E-state index contributed by atoms with van der Waals surface area (Å²) in [4.78, 5) is 0. The summed E-state index contributed by atoms with van der Waals surface area (Å²) in [6, 6.07) is 5.06. The van der Waals surface area contributed by atoms with Gasteiger partial charge in [-0.05, 0) is 27.6 Å². The fourth-order valence-corrected chi connectivity index (χ4v) is 1.79. The molecule has 0 saturated heterocycles. The number of ether oxygens (including phenoxy) is 1. The summed E-state index contributed by atoms with van der Waals surface area (Å²) in [5, 5.41) is 6.47. The van der Waals surface area contributed by atoms with Crippen molar-refractivity contribution in [2.45, 2.75) is 6.54 Å². The van der Waals surface area contributed by atoms with Crippen LogP contribution in [0.4, 0.5) is 4.39 Å². The zero-order valence-corrected chi connectivity index (χ0v) is 11.5. The molecule has 5 heteroatoms.